The lowest BCUT2D eigenvalue weighted by Crippen LogP contribution is -2.19. The second-order valence-corrected chi connectivity index (χ2v) is 4.64. The van der Waals surface area contributed by atoms with Gasteiger partial charge in [-0.1, -0.05) is 31.2 Å². The average molecular weight is 215 g/mol. The minimum atomic E-state index is 0.183. The van der Waals surface area contributed by atoms with Gasteiger partial charge in [-0.2, -0.15) is 0 Å². The fourth-order valence-electron chi connectivity index (χ4n) is 2.26. The lowest BCUT2D eigenvalue weighted by Gasteiger charge is -2.24. The van der Waals surface area contributed by atoms with Gasteiger partial charge in [0.2, 0.25) is 0 Å². The van der Waals surface area contributed by atoms with E-state index >= 15 is 0 Å². The van der Waals surface area contributed by atoms with Crippen molar-refractivity contribution in [1.29, 1.82) is 0 Å². The van der Waals surface area contributed by atoms with E-state index in [2.05, 4.69) is 13.0 Å². The molecule has 1 unspecified atom stereocenters. The van der Waals surface area contributed by atoms with Crippen molar-refractivity contribution in [3.05, 3.63) is 47.2 Å². The third-order valence-electron chi connectivity index (χ3n) is 2.97. The summed E-state index contributed by atoms with van der Waals surface area (Å²) in [6.45, 7) is 2.18. The SMILES string of the molecule is CC1C/C(=C/N(C)C)C(=O)c2ccccc21. The minimum absolute atomic E-state index is 0.183. The Morgan fingerprint density at radius 3 is 2.69 bits per heavy atom. The number of allylic oxidation sites excluding steroid dienone is 1. The van der Waals surface area contributed by atoms with Crippen LogP contribution in [0.4, 0.5) is 0 Å². The Labute approximate surface area is 96.6 Å². The second-order valence-electron chi connectivity index (χ2n) is 4.64. The summed E-state index contributed by atoms with van der Waals surface area (Å²) in [5.74, 6) is 0.613. The average Bonchev–Trinajstić information content (AvgIpc) is 2.25. The Kier molecular flexibility index (Phi) is 2.82. The van der Waals surface area contributed by atoms with E-state index in [1.54, 1.807) is 0 Å². The molecule has 1 aliphatic carbocycles. The standard InChI is InChI=1S/C14H17NO/c1-10-8-11(9-15(2)3)14(16)13-7-5-4-6-12(10)13/h4-7,9-10H,8H2,1-3H3/b11-9-. The van der Waals surface area contributed by atoms with Gasteiger partial charge in [0.15, 0.2) is 5.78 Å². The number of carbonyl (C=O) groups excluding carboxylic acids is 1. The van der Waals surface area contributed by atoms with Gasteiger partial charge in [0, 0.05) is 31.4 Å². The van der Waals surface area contributed by atoms with Crippen molar-refractivity contribution < 1.29 is 4.79 Å². The second kappa shape index (κ2) is 4.12. The number of Topliss-reactive ketones (excluding diaryl/α,β-unsaturated/α-hetero) is 1. The van der Waals surface area contributed by atoms with Crippen LogP contribution in [0.5, 0.6) is 0 Å². The molecular weight excluding hydrogens is 198 g/mol. The highest BCUT2D eigenvalue weighted by molar-refractivity contribution is 6.10. The monoisotopic (exact) mass is 215 g/mol. The number of hydrogen-bond acceptors (Lipinski definition) is 2. The van der Waals surface area contributed by atoms with Crippen LogP contribution < -0.4 is 0 Å². The van der Waals surface area contributed by atoms with Crippen molar-refractivity contribution in [3.63, 3.8) is 0 Å². The number of benzene rings is 1. The molecule has 0 saturated heterocycles. The summed E-state index contributed by atoms with van der Waals surface area (Å²) in [6, 6.07) is 7.92. The summed E-state index contributed by atoms with van der Waals surface area (Å²) < 4.78 is 0. The lowest BCUT2D eigenvalue weighted by atomic mass is 9.80. The molecule has 0 saturated carbocycles. The molecule has 0 spiro atoms. The van der Waals surface area contributed by atoms with E-state index < -0.39 is 0 Å². The van der Waals surface area contributed by atoms with Gasteiger partial charge < -0.3 is 4.90 Å². The summed E-state index contributed by atoms with van der Waals surface area (Å²) in [4.78, 5) is 14.1. The van der Waals surface area contributed by atoms with Crippen molar-refractivity contribution in [2.24, 2.45) is 0 Å². The van der Waals surface area contributed by atoms with Crippen LogP contribution in [-0.2, 0) is 0 Å². The third-order valence-corrected chi connectivity index (χ3v) is 2.97. The molecule has 0 heterocycles. The summed E-state index contributed by atoms with van der Waals surface area (Å²) in [6.07, 6.45) is 2.78. The summed E-state index contributed by atoms with van der Waals surface area (Å²) in [5, 5.41) is 0. The van der Waals surface area contributed by atoms with Crippen molar-refractivity contribution in [2.75, 3.05) is 14.1 Å². The van der Waals surface area contributed by atoms with E-state index in [9.17, 15) is 4.79 Å². The molecule has 0 aliphatic heterocycles. The zero-order chi connectivity index (χ0) is 11.7. The van der Waals surface area contributed by atoms with Crippen LogP contribution in [0.25, 0.3) is 0 Å². The molecule has 0 aromatic heterocycles. The van der Waals surface area contributed by atoms with Crippen LogP contribution in [-0.4, -0.2) is 24.8 Å². The Morgan fingerprint density at radius 1 is 1.31 bits per heavy atom. The number of nitrogens with zero attached hydrogens (tertiary/aromatic N) is 1. The number of rotatable bonds is 1. The van der Waals surface area contributed by atoms with Gasteiger partial charge in [0.1, 0.15) is 0 Å². The maximum absolute atomic E-state index is 12.2. The first-order valence-corrected chi connectivity index (χ1v) is 5.60. The number of ketones is 1. The zero-order valence-electron chi connectivity index (χ0n) is 10.0. The van der Waals surface area contributed by atoms with Crippen molar-refractivity contribution >= 4 is 5.78 Å². The first-order valence-electron chi connectivity index (χ1n) is 5.60. The Balaban J connectivity index is 2.46. The lowest BCUT2D eigenvalue weighted by molar-refractivity contribution is 0.102. The predicted octanol–water partition coefficient (Wildman–Crippen LogP) is 2.82. The smallest absolute Gasteiger partial charge is 0.190 e. The predicted molar refractivity (Wildman–Crippen MR) is 65.6 cm³/mol. The van der Waals surface area contributed by atoms with Gasteiger partial charge in [-0.15, -0.1) is 0 Å². The topological polar surface area (TPSA) is 20.3 Å². The summed E-state index contributed by atoms with van der Waals surface area (Å²) >= 11 is 0. The maximum Gasteiger partial charge on any atom is 0.190 e. The van der Waals surface area contributed by atoms with Gasteiger partial charge in [-0.3, -0.25) is 4.79 Å². The molecule has 2 nitrogen and oxygen atoms in total. The van der Waals surface area contributed by atoms with Gasteiger partial charge >= 0.3 is 0 Å². The minimum Gasteiger partial charge on any atom is -0.383 e. The molecule has 2 rings (SSSR count). The van der Waals surface area contributed by atoms with E-state index in [-0.39, 0.29) is 5.78 Å². The van der Waals surface area contributed by atoms with Crippen LogP contribution in [0.2, 0.25) is 0 Å². The molecule has 2 heteroatoms. The van der Waals surface area contributed by atoms with Gasteiger partial charge in [0.25, 0.3) is 0 Å². The molecular formula is C14H17NO. The van der Waals surface area contributed by atoms with Crippen LogP contribution in [0.15, 0.2) is 36.0 Å². The van der Waals surface area contributed by atoms with Gasteiger partial charge in [0.05, 0.1) is 0 Å². The maximum atomic E-state index is 12.2. The number of fused-ring (bicyclic) bond motifs is 1. The third kappa shape index (κ3) is 1.87. The van der Waals surface area contributed by atoms with E-state index in [1.807, 2.05) is 43.4 Å². The van der Waals surface area contributed by atoms with Crippen molar-refractivity contribution in [3.8, 4) is 0 Å². The molecule has 0 bridgehead atoms. The van der Waals surface area contributed by atoms with Crippen LogP contribution in [0.1, 0.15) is 35.2 Å². The fourth-order valence-corrected chi connectivity index (χ4v) is 2.26. The van der Waals surface area contributed by atoms with Crippen molar-refractivity contribution in [1.82, 2.24) is 4.90 Å². The van der Waals surface area contributed by atoms with E-state index in [0.29, 0.717) is 5.92 Å². The molecule has 0 radical (unpaired) electrons. The molecule has 0 amide bonds. The summed E-state index contributed by atoms with van der Waals surface area (Å²) in [5.41, 5.74) is 2.97. The fraction of sp³-hybridized carbons (Fsp3) is 0.357. The van der Waals surface area contributed by atoms with Gasteiger partial charge in [-0.05, 0) is 17.9 Å². The Morgan fingerprint density at radius 2 is 2.00 bits per heavy atom. The molecule has 0 fully saturated rings. The van der Waals surface area contributed by atoms with E-state index in [0.717, 1.165) is 17.6 Å². The largest absolute Gasteiger partial charge is 0.383 e. The first-order chi connectivity index (χ1) is 7.59. The Bertz CT molecular complexity index is 446. The van der Waals surface area contributed by atoms with Gasteiger partial charge in [-0.25, -0.2) is 0 Å². The van der Waals surface area contributed by atoms with Crippen molar-refractivity contribution in [2.45, 2.75) is 19.3 Å². The highest BCUT2D eigenvalue weighted by Gasteiger charge is 2.26. The first kappa shape index (κ1) is 10.9. The molecule has 1 aliphatic rings. The van der Waals surface area contributed by atoms with E-state index in [4.69, 9.17) is 0 Å². The molecule has 1 atom stereocenters. The highest BCUT2D eigenvalue weighted by atomic mass is 16.1. The summed E-state index contributed by atoms with van der Waals surface area (Å²) in [7, 11) is 3.90. The molecule has 0 N–H and O–H groups in total. The zero-order valence-corrected chi connectivity index (χ0v) is 10.0. The highest BCUT2D eigenvalue weighted by Crippen LogP contribution is 2.33. The molecule has 1 aromatic rings. The number of carbonyl (C=O) groups is 1. The quantitative estimate of drug-likeness (QED) is 0.671. The van der Waals surface area contributed by atoms with Crippen LogP contribution in [0.3, 0.4) is 0 Å². The molecule has 16 heavy (non-hydrogen) atoms. The Hall–Kier alpha value is -1.57. The van der Waals surface area contributed by atoms with Crippen LogP contribution in [0, 0.1) is 0 Å². The molecule has 84 valence electrons. The van der Waals surface area contributed by atoms with Crippen LogP contribution >= 0.6 is 0 Å². The molecule has 1 aromatic carbocycles. The normalized spacial score (nSPS) is 22.1. The van der Waals surface area contributed by atoms with E-state index in [1.165, 1.54) is 5.56 Å². The number of hydrogen-bond donors (Lipinski definition) is 0.